The van der Waals surface area contributed by atoms with Gasteiger partial charge < -0.3 is 25.5 Å². The van der Waals surface area contributed by atoms with Gasteiger partial charge in [0.25, 0.3) is 5.56 Å². The zero-order valence-corrected chi connectivity index (χ0v) is 24.0. The monoisotopic (exact) mass is 548 g/mol. The van der Waals surface area contributed by atoms with E-state index in [9.17, 15) is 14.4 Å². The van der Waals surface area contributed by atoms with Crippen molar-refractivity contribution in [3.05, 3.63) is 16.7 Å². The van der Waals surface area contributed by atoms with Gasteiger partial charge in [-0.25, -0.2) is 4.98 Å². The topological polar surface area (TPSA) is 168 Å². The van der Waals surface area contributed by atoms with Gasteiger partial charge in [-0.15, -0.1) is 0 Å². The first kappa shape index (κ1) is 32.3. The second kappa shape index (κ2) is 17.6. The van der Waals surface area contributed by atoms with E-state index in [-0.39, 0.29) is 42.5 Å². The van der Waals surface area contributed by atoms with Gasteiger partial charge in [0, 0.05) is 18.9 Å². The third-order valence-electron chi connectivity index (χ3n) is 7.21. The van der Waals surface area contributed by atoms with E-state index < -0.39 is 17.6 Å². The van der Waals surface area contributed by atoms with Gasteiger partial charge in [0.1, 0.15) is 6.04 Å². The molecule has 0 amide bonds. The van der Waals surface area contributed by atoms with Crippen LogP contribution in [0.5, 0.6) is 0 Å². The fourth-order valence-corrected chi connectivity index (χ4v) is 4.38. The number of carbonyl (C=O) groups excluding carboxylic acids is 2. The molecule has 0 saturated carbocycles. The SMILES string of the molecule is CCCCCCCCCCCC(=O)OC[C@H](CCOC(=O)[C@@H](N)[C@@H](C)CC)Cn1cnc2c(=O)[nH]c(N)nc21. The van der Waals surface area contributed by atoms with Gasteiger partial charge in [-0.05, 0) is 18.8 Å². The minimum absolute atomic E-state index is 0.00820. The summed E-state index contributed by atoms with van der Waals surface area (Å²) in [6.45, 7) is 6.73. The van der Waals surface area contributed by atoms with Crippen LogP contribution >= 0.6 is 0 Å². The van der Waals surface area contributed by atoms with Crippen molar-refractivity contribution in [2.45, 2.75) is 110 Å². The molecule has 0 radical (unpaired) electrons. The van der Waals surface area contributed by atoms with Crippen molar-refractivity contribution in [1.29, 1.82) is 0 Å². The molecular weight excluding hydrogens is 500 g/mol. The summed E-state index contributed by atoms with van der Waals surface area (Å²) in [5.74, 6) is -0.884. The van der Waals surface area contributed by atoms with E-state index in [4.69, 9.17) is 20.9 Å². The van der Waals surface area contributed by atoms with Crippen molar-refractivity contribution in [3.63, 3.8) is 0 Å². The molecule has 0 aliphatic heterocycles. The van der Waals surface area contributed by atoms with Gasteiger partial charge in [0.2, 0.25) is 5.95 Å². The van der Waals surface area contributed by atoms with Crippen molar-refractivity contribution >= 4 is 29.1 Å². The van der Waals surface area contributed by atoms with Crippen LogP contribution < -0.4 is 17.0 Å². The summed E-state index contributed by atoms with van der Waals surface area (Å²) < 4.78 is 12.7. The van der Waals surface area contributed by atoms with Crippen LogP contribution in [0.25, 0.3) is 11.2 Å². The van der Waals surface area contributed by atoms with E-state index >= 15 is 0 Å². The molecule has 2 aromatic heterocycles. The number of esters is 2. The molecule has 11 nitrogen and oxygen atoms in total. The smallest absolute Gasteiger partial charge is 0.323 e. The minimum Gasteiger partial charge on any atom is -0.465 e. The predicted molar refractivity (Wildman–Crippen MR) is 152 cm³/mol. The third kappa shape index (κ3) is 11.4. The lowest BCUT2D eigenvalue weighted by Gasteiger charge is -2.20. The predicted octanol–water partition coefficient (Wildman–Crippen LogP) is 4.09. The summed E-state index contributed by atoms with van der Waals surface area (Å²) in [4.78, 5) is 47.6. The number of imidazole rings is 1. The fourth-order valence-electron chi connectivity index (χ4n) is 4.38. The summed E-state index contributed by atoms with van der Waals surface area (Å²) in [6.07, 6.45) is 13.7. The molecule has 5 N–H and O–H groups in total. The maximum Gasteiger partial charge on any atom is 0.323 e. The summed E-state index contributed by atoms with van der Waals surface area (Å²) in [5.41, 5.74) is 11.8. The largest absolute Gasteiger partial charge is 0.465 e. The molecule has 0 saturated heterocycles. The maximum absolute atomic E-state index is 12.4. The van der Waals surface area contributed by atoms with E-state index in [0.717, 1.165) is 25.7 Å². The Hall–Kier alpha value is -2.95. The van der Waals surface area contributed by atoms with Gasteiger partial charge in [-0.3, -0.25) is 19.4 Å². The molecular formula is C28H48N6O5. The molecule has 0 aromatic carbocycles. The normalized spacial score (nSPS) is 13.7. The fraction of sp³-hybridized carbons (Fsp3) is 0.750. The molecule has 0 fully saturated rings. The van der Waals surface area contributed by atoms with Crippen LogP contribution in [0.15, 0.2) is 11.1 Å². The van der Waals surface area contributed by atoms with Gasteiger partial charge in [-0.1, -0.05) is 78.6 Å². The van der Waals surface area contributed by atoms with Crippen LogP contribution in [0.3, 0.4) is 0 Å². The van der Waals surface area contributed by atoms with Crippen molar-refractivity contribution in [2.75, 3.05) is 18.9 Å². The number of ether oxygens (including phenoxy) is 2. The van der Waals surface area contributed by atoms with E-state index in [1.54, 1.807) is 4.57 Å². The molecule has 39 heavy (non-hydrogen) atoms. The number of aromatic amines is 1. The molecule has 11 heteroatoms. The summed E-state index contributed by atoms with van der Waals surface area (Å²) in [7, 11) is 0. The number of carbonyl (C=O) groups is 2. The summed E-state index contributed by atoms with van der Waals surface area (Å²) >= 11 is 0. The average molecular weight is 549 g/mol. The number of anilines is 1. The Labute approximate surface area is 231 Å². The number of nitrogens with one attached hydrogen (secondary N) is 1. The number of nitrogens with zero attached hydrogens (tertiary/aromatic N) is 3. The van der Waals surface area contributed by atoms with Crippen LogP contribution in [0.4, 0.5) is 5.95 Å². The third-order valence-corrected chi connectivity index (χ3v) is 7.21. The first-order chi connectivity index (χ1) is 18.8. The van der Waals surface area contributed by atoms with Crippen LogP contribution in [0.2, 0.25) is 0 Å². The lowest BCUT2D eigenvalue weighted by molar-refractivity contribution is -0.149. The number of nitrogens with two attached hydrogens (primary N) is 2. The van der Waals surface area contributed by atoms with Gasteiger partial charge in [0.15, 0.2) is 11.2 Å². The van der Waals surface area contributed by atoms with Gasteiger partial charge >= 0.3 is 11.9 Å². The highest BCUT2D eigenvalue weighted by Crippen LogP contribution is 2.16. The van der Waals surface area contributed by atoms with Crippen molar-refractivity contribution in [3.8, 4) is 0 Å². The molecule has 0 aliphatic rings. The standard InChI is InChI=1S/C28H48N6O5/c1-4-6-7-8-9-10-11-12-13-14-22(35)39-18-21(15-16-38-27(37)23(29)20(3)5-2)17-34-19-31-24-25(34)32-28(30)33-26(24)36/h19-21,23H,4-18,29H2,1-3H3,(H3,30,32,33,36)/t20-,21+,23-/m0/s1. The highest BCUT2D eigenvalue weighted by atomic mass is 16.5. The van der Waals surface area contributed by atoms with Gasteiger partial charge in [0.05, 0.1) is 19.5 Å². The number of nitrogen functional groups attached to an aromatic ring is 1. The second-order valence-electron chi connectivity index (χ2n) is 10.5. The van der Waals surface area contributed by atoms with Crippen LogP contribution in [-0.4, -0.2) is 50.7 Å². The molecule has 2 heterocycles. The Morgan fingerprint density at radius 2 is 1.72 bits per heavy atom. The quantitative estimate of drug-likeness (QED) is 0.163. The average Bonchev–Trinajstić information content (AvgIpc) is 3.32. The van der Waals surface area contributed by atoms with Crippen molar-refractivity contribution < 1.29 is 19.1 Å². The zero-order chi connectivity index (χ0) is 28.6. The Morgan fingerprint density at radius 1 is 1.05 bits per heavy atom. The number of hydrogen-bond acceptors (Lipinski definition) is 9. The number of unbranched alkanes of at least 4 members (excludes halogenated alkanes) is 8. The molecule has 3 atom stereocenters. The molecule has 2 rings (SSSR count). The lowest BCUT2D eigenvalue weighted by atomic mass is 10.0. The zero-order valence-electron chi connectivity index (χ0n) is 24.0. The van der Waals surface area contributed by atoms with Crippen LogP contribution in [0.1, 0.15) is 97.8 Å². The Balaban J connectivity index is 1.88. The number of H-pyrrole nitrogens is 1. The lowest BCUT2D eigenvalue weighted by Crippen LogP contribution is -2.38. The number of fused-ring (bicyclic) bond motifs is 1. The second-order valence-corrected chi connectivity index (χ2v) is 10.5. The number of aromatic nitrogens is 4. The van der Waals surface area contributed by atoms with E-state index in [0.29, 0.717) is 25.0 Å². The highest BCUT2D eigenvalue weighted by molar-refractivity contribution is 5.75. The molecule has 0 bridgehead atoms. The highest BCUT2D eigenvalue weighted by Gasteiger charge is 2.22. The van der Waals surface area contributed by atoms with E-state index in [1.165, 1.54) is 44.9 Å². The Kier molecular flexibility index (Phi) is 14.6. The first-order valence-electron chi connectivity index (χ1n) is 14.5. The minimum atomic E-state index is -0.681. The summed E-state index contributed by atoms with van der Waals surface area (Å²) in [5, 5.41) is 0. The van der Waals surface area contributed by atoms with Crippen LogP contribution in [0, 0.1) is 11.8 Å². The number of hydrogen-bond donors (Lipinski definition) is 3. The van der Waals surface area contributed by atoms with Crippen molar-refractivity contribution in [2.24, 2.45) is 17.6 Å². The first-order valence-corrected chi connectivity index (χ1v) is 14.5. The molecule has 220 valence electrons. The summed E-state index contributed by atoms with van der Waals surface area (Å²) in [6, 6.07) is -0.681. The van der Waals surface area contributed by atoms with Gasteiger partial charge in [-0.2, -0.15) is 4.98 Å². The molecule has 0 spiro atoms. The molecule has 0 aliphatic carbocycles. The maximum atomic E-state index is 12.4. The Bertz CT molecular complexity index is 1070. The molecule has 2 aromatic rings. The van der Waals surface area contributed by atoms with E-state index in [2.05, 4.69) is 21.9 Å². The molecule has 0 unspecified atom stereocenters. The Morgan fingerprint density at radius 3 is 2.38 bits per heavy atom. The van der Waals surface area contributed by atoms with Crippen LogP contribution in [-0.2, 0) is 25.6 Å². The van der Waals surface area contributed by atoms with E-state index in [1.807, 2.05) is 13.8 Å². The van der Waals surface area contributed by atoms with Crippen molar-refractivity contribution in [1.82, 2.24) is 19.5 Å². The number of rotatable bonds is 20.